The second-order valence-electron chi connectivity index (χ2n) is 9.37. The van der Waals surface area contributed by atoms with Crippen LogP contribution in [0.5, 0.6) is 5.75 Å². The molecule has 0 saturated carbocycles. The van der Waals surface area contributed by atoms with Crippen molar-refractivity contribution in [2.45, 2.75) is 50.5 Å². The zero-order valence-electron chi connectivity index (χ0n) is 22.9. The fourth-order valence-corrected chi connectivity index (χ4v) is 3.96. The predicted octanol–water partition coefficient (Wildman–Crippen LogP) is -1.71. The van der Waals surface area contributed by atoms with Crippen molar-refractivity contribution in [2.75, 3.05) is 25.0 Å². The first kappa shape index (κ1) is 32.9. The van der Waals surface area contributed by atoms with E-state index in [2.05, 4.69) is 10.6 Å². The minimum absolute atomic E-state index is 0.0233. The summed E-state index contributed by atoms with van der Waals surface area (Å²) < 4.78 is 15.6. The van der Waals surface area contributed by atoms with Gasteiger partial charge in [-0.2, -0.15) is 0 Å². The quantitative estimate of drug-likeness (QED) is 0.109. The number of aliphatic hydroxyl groups is 3. The van der Waals surface area contributed by atoms with E-state index in [1.54, 1.807) is 6.08 Å². The number of hydrogen-bond acceptors (Lipinski definition) is 12. The number of carbonyl (C=O) groups excluding carboxylic acids is 5. The maximum Gasteiger partial charge on any atom is 0.335 e. The van der Waals surface area contributed by atoms with Crippen LogP contribution in [-0.4, -0.2) is 111 Å². The number of nitrogens with zero attached hydrogens (tertiary/aromatic N) is 1. The van der Waals surface area contributed by atoms with Crippen LogP contribution in [0.25, 0.3) is 6.08 Å². The van der Waals surface area contributed by atoms with E-state index >= 15 is 0 Å². The highest BCUT2D eigenvalue weighted by atomic mass is 16.7. The van der Waals surface area contributed by atoms with Crippen LogP contribution in [0.2, 0.25) is 0 Å². The molecule has 232 valence electrons. The van der Waals surface area contributed by atoms with Crippen molar-refractivity contribution in [3.8, 4) is 5.75 Å². The number of aliphatic hydroxyl groups excluding tert-OH is 3. The van der Waals surface area contributed by atoms with E-state index < -0.39 is 66.3 Å². The second kappa shape index (κ2) is 15.0. The summed E-state index contributed by atoms with van der Waals surface area (Å²) in [5.74, 6) is -4.32. The molecule has 5 atom stereocenters. The van der Waals surface area contributed by atoms with Gasteiger partial charge in [0, 0.05) is 45.0 Å². The molecule has 3 rings (SSSR count). The van der Waals surface area contributed by atoms with Crippen LogP contribution in [0.15, 0.2) is 36.4 Å². The first-order valence-electron chi connectivity index (χ1n) is 13.0. The van der Waals surface area contributed by atoms with Gasteiger partial charge in [-0.1, -0.05) is 12.1 Å². The molecular formula is C27H31N3O13. The average Bonchev–Trinajstić information content (AvgIpc) is 3.27. The molecule has 16 heteroatoms. The predicted molar refractivity (Wildman–Crippen MR) is 144 cm³/mol. The molecule has 0 aliphatic carbocycles. The van der Waals surface area contributed by atoms with Crippen molar-refractivity contribution in [3.63, 3.8) is 0 Å². The number of hydrogen-bond donors (Lipinski definition) is 6. The van der Waals surface area contributed by atoms with E-state index in [0.717, 1.165) is 17.1 Å². The summed E-state index contributed by atoms with van der Waals surface area (Å²) in [5, 5.41) is 44.7. The molecule has 0 bridgehead atoms. The molecule has 6 N–H and O–H groups in total. The Morgan fingerprint density at radius 2 is 1.70 bits per heavy atom. The molecule has 1 fully saturated rings. The molecule has 0 aromatic heterocycles. The summed E-state index contributed by atoms with van der Waals surface area (Å²) in [6.07, 6.45) is -4.43. The van der Waals surface area contributed by atoms with Crippen molar-refractivity contribution < 1.29 is 63.4 Å². The number of carboxylic acids is 1. The van der Waals surface area contributed by atoms with Crippen molar-refractivity contribution >= 4 is 47.3 Å². The van der Waals surface area contributed by atoms with Crippen molar-refractivity contribution in [2.24, 2.45) is 0 Å². The monoisotopic (exact) mass is 605 g/mol. The molecular weight excluding hydrogens is 574 g/mol. The Balaban J connectivity index is 1.66. The van der Waals surface area contributed by atoms with Crippen LogP contribution < -0.4 is 15.4 Å². The SMILES string of the molecule is CC(=O)OC/C=C/c1ccc(O[C@@H]2O[C@H](C(=O)O)[C@H](O)[C@H](O)[C@@H]2O)c(NC(=O)CCNC(=O)CCN2C(=O)C=CC2=O)c1. The van der Waals surface area contributed by atoms with Crippen LogP contribution in [0.1, 0.15) is 25.3 Å². The van der Waals surface area contributed by atoms with Gasteiger partial charge in [0.25, 0.3) is 11.8 Å². The Hall–Kier alpha value is -4.64. The first-order valence-corrected chi connectivity index (χ1v) is 13.0. The van der Waals surface area contributed by atoms with E-state index in [-0.39, 0.29) is 44.0 Å². The van der Waals surface area contributed by atoms with Gasteiger partial charge in [0.1, 0.15) is 30.7 Å². The van der Waals surface area contributed by atoms with Crippen LogP contribution >= 0.6 is 0 Å². The number of imide groups is 1. The lowest BCUT2D eigenvalue weighted by Gasteiger charge is -2.38. The lowest BCUT2D eigenvalue weighted by Crippen LogP contribution is -2.61. The summed E-state index contributed by atoms with van der Waals surface area (Å²) in [6, 6.07) is 4.33. The van der Waals surface area contributed by atoms with Crippen molar-refractivity contribution in [1.29, 1.82) is 0 Å². The van der Waals surface area contributed by atoms with Crippen LogP contribution in [0.4, 0.5) is 5.69 Å². The highest BCUT2D eigenvalue weighted by Crippen LogP contribution is 2.31. The highest BCUT2D eigenvalue weighted by molar-refractivity contribution is 6.13. The maximum atomic E-state index is 12.7. The number of aliphatic carboxylic acids is 1. The van der Waals surface area contributed by atoms with Gasteiger partial charge in [-0.15, -0.1) is 0 Å². The van der Waals surface area contributed by atoms with E-state index in [4.69, 9.17) is 14.2 Å². The molecule has 0 radical (unpaired) electrons. The number of rotatable bonds is 13. The van der Waals surface area contributed by atoms with E-state index in [1.165, 1.54) is 31.2 Å². The van der Waals surface area contributed by atoms with Gasteiger partial charge >= 0.3 is 11.9 Å². The minimum atomic E-state index is -1.93. The molecule has 0 unspecified atom stereocenters. The molecule has 1 aromatic rings. The number of esters is 1. The molecule has 4 amide bonds. The minimum Gasteiger partial charge on any atom is -0.479 e. The molecule has 16 nitrogen and oxygen atoms in total. The molecule has 0 spiro atoms. The molecule has 1 saturated heterocycles. The first-order chi connectivity index (χ1) is 20.4. The third-order valence-electron chi connectivity index (χ3n) is 6.16. The topological polar surface area (TPSA) is 238 Å². The Labute approximate surface area is 244 Å². The summed E-state index contributed by atoms with van der Waals surface area (Å²) in [7, 11) is 0. The Kier molecular flexibility index (Phi) is 11.5. The number of carbonyl (C=O) groups is 6. The lowest BCUT2D eigenvalue weighted by atomic mass is 9.99. The van der Waals surface area contributed by atoms with E-state index in [1.807, 2.05) is 0 Å². The van der Waals surface area contributed by atoms with Crippen LogP contribution in [0, 0.1) is 0 Å². The van der Waals surface area contributed by atoms with Gasteiger partial charge in [0.05, 0.1) is 5.69 Å². The number of amides is 4. The second-order valence-corrected chi connectivity index (χ2v) is 9.37. The lowest BCUT2D eigenvalue weighted by molar-refractivity contribution is -0.271. The van der Waals surface area contributed by atoms with Gasteiger partial charge < -0.3 is 45.3 Å². The number of benzene rings is 1. The molecule has 2 aliphatic rings. The maximum absolute atomic E-state index is 12.7. The molecule has 2 heterocycles. The Morgan fingerprint density at radius 3 is 2.35 bits per heavy atom. The van der Waals surface area contributed by atoms with E-state index in [0.29, 0.717) is 5.56 Å². The van der Waals surface area contributed by atoms with Gasteiger partial charge in [-0.25, -0.2) is 4.79 Å². The average molecular weight is 606 g/mol. The summed E-state index contributed by atoms with van der Waals surface area (Å²) in [6.45, 7) is 1.00. The summed E-state index contributed by atoms with van der Waals surface area (Å²) in [4.78, 5) is 71.3. The summed E-state index contributed by atoms with van der Waals surface area (Å²) >= 11 is 0. The van der Waals surface area contributed by atoms with Crippen molar-refractivity contribution in [1.82, 2.24) is 10.2 Å². The number of carboxylic acid groups (broad SMARTS) is 1. The van der Waals surface area contributed by atoms with Gasteiger partial charge in [0.15, 0.2) is 6.10 Å². The Bertz CT molecular complexity index is 1290. The summed E-state index contributed by atoms with van der Waals surface area (Å²) in [5.41, 5.74) is 0.542. The normalized spacial score (nSPS) is 23.3. The smallest absolute Gasteiger partial charge is 0.335 e. The Morgan fingerprint density at radius 1 is 1.00 bits per heavy atom. The number of ether oxygens (including phenoxy) is 3. The largest absolute Gasteiger partial charge is 0.479 e. The van der Waals surface area contributed by atoms with Gasteiger partial charge in [-0.3, -0.25) is 28.9 Å². The zero-order chi connectivity index (χ0) is 31.7. The molecule has 43 heavy (non-hydrogen) atoms. The van der Waals surface area contributed by atoms with Gasteiger partial charge in [-0.05, 0) is 23.8 Å². The third kappa shape index (κ3) is 9.17. The van der Waals surface area contributed by atoms with Crippen LogP contribution in [-0.2, 0) is 38.2 Å². The van der Waals surface area contributed by atoms with E-state index in [9.17, 15) is 49.2 Å². The molecule has 2 aliphatic heterocycles. The van der Waals surface area contributed by atoms with Crippen molar-refractivity contribution in [3.05, 3.63) is 42.0 Å². The van der Waals surface area contributed by atoms with Gasteiger partial charge in [0.2, 0.25) is 18.1 Å². The number of anilines is 1. The van der Waals surface area contributed by atoms with Crippen LogP contribution in [0.3, 0.4) is 0 Å². The fraction of sp³-hybridized carbons (Fsp3) is 0.407. The fourth-order valence-electron chi connectivity index (χ4n) is 3.96. The highest BCUT2D eigenvalue weighted by Gasteiger charge is 2.48. The molecule has 1 aromatic carbocycles. The number of nitrogens with one attached hydrogen (secondary N) is 2. The third-order valence-corrected chi connectivity index (χ3v) is 6.16. The zero-order valence-corrected chi connectivity index (χ0v) is 22.9. The standard InChI is InChI=1S/C27H31N3O13/c1-14(31)41-12-2-3-15-4-5-17(42-27-24(38)22(36)23(37)25(43-27)26(39)40)16(13-15)29-19(33)8-10-28-18(32)9-11-30-20(34)6-7-21(30)35/h2-7,13,22-25,27,36-38H,8-12H2,1H3,(H,28,32)(H,29,33)(H,39,40)/b3-2+/t22-,23+,24-,25-,27+/m0/s1.